The van der Waals surface area contributed by atoms with Gasteiger partial charge in [0.1, 0.15) is 6.10 Å². The molecule has 102 valence electrons. The van der Waals surface area contributed by atoms with Crippen LogP contribution in [-0.4, -0.2) is 29.8 Å². The number of likely N-dealkylation sites (N-methyl/N-ethyl adjacent to an activating group) is 1. The van der Waals surface area contributed by atoms with Crippen molar-refractivity contribution < 1.29 is 9.26 Å². The van der Waals surface area contributed by atoms with Gasteiger partial charge in [0.2, 0.25) is 11.7 Å². The summed E-state index contributed by atoms with van der Waals surface area (Å²) in [6.45, 7) is 4.72. The molecule has 0 aliphatic heterocycles. The summed E-state index contributed by atoms with van der Waals surface area (Å²) in [5.74, 6) is 2.17. The van der Waals surface area contributed by atoms with Gasteiger partial charge in [-0.05, 0) is 39.2 Å². The molecule has 1 aromatic rings. The Balaban J connectivity index is 1.95. The Morgan fingerprint density at radius 3 is 2.78 bits per heavy atom. The summed E-state index contributed by atoms with van der Waals surface area (Å²) in [5.41, 5.74) is 0. The molecule has 1 aliphatic rings. The average Bonchev–Trinajstić information content (AvgIpc) is 3.13. The summed E-state index contributed by atoms with van der Waals surface area (Å²) in [6, 6.07) is 0.463. The predicted molar refractivity (Wildman–Crippen MR) is 68.2 cm³/mol. The van der Waals surface area contributed by atoms with Crippen LogP contribution in [0.5, 0.6) is 0 Å². The van der Waals surface area contributed by atoms with E-state index in [2.05, 4.69) is 22.4 Å². The van der Waals surface area contributed by atoms with Crippen LogP contribution in [0.25, 0.3) is 0 Å². The monoisotopic (exact) mass is 253 g/mol. The van der Waals surface area contributed by atoms with E-state index >= 15 is 0 Å². The van der Waals surface area contributed by atoms with E-state index in [1.165, 1.54) is 12.8 Å². The van der Waals surface area contributed by atoms with E-state index in [9.17, 15) is 0 Å². The van der Waals surface area contributed by atoms with Crippen LogP contribution in [0.3, 0.4) is 0 Å². The number of aromatic nitrogens is 2. The van der Waals surface area contributed by atoms with E-state index in [-0.39, 0.29) is 6.10 Å². The van der Waals surface area contributed by atoms with Gasteiger partial charge in [-0.1, -0.05) is 12.1 Å². The molecule has 1 aliphatic carbocycles. The Labute approximate surface area is 108 Å². The molecule has 1 aromatic heterocycles. The van der Waals surface area contributed by atoms with Gasteiger partial charge in [-0.3, -0.25) is 0 Å². The van der Waals surface area contributed by atoms with Gasteiger partial charge in [0, 0.05) is 19.1 Å². The third kappa shape index (κ3) is 3.29. The molecule has 5 heteroatoms. The molecule has 0 spiro atoms. The van der Waals surface area contributed by atoms with Gasteiger partial charge in [0.25, 0.3) is 0 Å². The lowest BCUT2D eigenvalue weighted by Crippen LogP contribution is -2.29. The highest BCUT2D eigenvalue weighted by molar-refractivity contribution is 4.96. The zero-order valence-electron chi connectivity index (χ0n) is 11.5. The number of nitrogens with one attached hydrogen (secondary N) is 1. The fourth-order valence-corrected chi connectivity index (χ4v) is 2.25. The standard InChI is InChI=1S/C13H23N3O2/c1-4-11(17-5-2)13-15-12(18-16-13)8-10(14-3)9-6-7-9/h9-11,14H,4-8H2,1-3H3. The number of hydrogen-bond donors (Lipinski definition) is 1. The fraction of sp³-hybridized carbons (Fsp3) is 0.846. The van der Waals surface area contributed by atoms with Gasteiger partial charge in [-0.2, -0.15) is 4.98 Å². The largest absolute Gasteiger partial charge is 0.370 e. The van der Waals surface area contributed by atoms with E-state index in [1.54, 1.807) is 0 Å². The molecule has 0 bridgehead atoms. The molecular formula is C13H23N3O2. The first-order chi connectivity index (χ1) is 8.78. The summed E-state index contributed by atoms with van der Waals surface area (Å²) in [6.07, 6.45) is 4.26. The molecule has 5 nitrogen and oxygen atoms in total. The summed E-state index contributed by atoms with van der Waals surface area (Å²) < 4.78 is 10.9. The molecular weight excluding hydrogens is 230 g/mol. The van der Waals surface area contributed by atoms with Gasteiger partial charge >= 0.3 is 0 Å². The summed E-state index contributed by atoms with van der Waals surface area (Å²) in [5, 5.41) is 7.37. The lowest BCUT2D eigenvalue weighted by molar-refractivity contribution is 0.0518. The van der Waals surface area contributed by atoms with Crippen LogP contribution >= 0.6 is 0 Å². The van der Waals surface area contributed by atoms with Crippen LogP contribution in [0, 0.1) is 5.92 Å². The lowest BCUT2D eigenvalue weighted by Gasteiger charge is -2.12. The second kappa shape index (κ2) is 6.29. The molecule has 0 amide bonds. The lowest BCUT2D eigenvalue weighted by atomic mass is 10.1. The molecule has 2 atom stereocenters. The van der Waals surface area contributed by atoms with E-state index in [0.29, 0.717) is 18.5 Å². The average molecular weight is 253 g/mol. The van der Waals surface area contributed by atoms with Crippen molar-refractivity contribution in [3.05, 3.63) is 11.7 Å². The van der Waals surface area contributed by atoms with Crippen LogP contribution in [-0.2, 0) is 11.2 Å². The Morgan fingerprint density at radius 1 is 1.44 bits per heavy atom. The van der Waals surface area contributed by atoms with Crippen LogP contribution < -0.4 is 5.32 Å². The van der Waals surface area contributed by atoms with Crippen molar-refractivity contribution >= 4 is 0 Å². The van der Waals surface area contributed by atoms with Crippen molar-refractivity contribution in [2.24, 2.45) is 5.92 Å². The molecule has 0 radical (unpaired) electrons. The highest BCUT2D eigenvalue weighted by atomic mass is 16.5. The molecule has 1 N–H and O–H groups in total. The molecule has 1 saturated carbocycles. The summed E-state index contributed by atoms with van der Waals surface area (Å²) in [4.78, 5) is 4.46. The highest BCUT2D eigenvalue weighted by Gasteiger charge is 2.31. The van der Waals surface area contributed by atoms with Crippen LogP contribution in [0.2, 0.25) is 0 Å². The van der Waals surface area contributed by atoms with Gasteiger partial charge in [0.15, 0.2) is 0 Å². The second-order valence-corrected chi connectivity index (χ2v) is 4.84. The van der Waals surface area contributed by atoms with Crippen molar-refractivity contribution in [2.45, 2.75) is 51.7 Å². The zero-order chi connectivity index (χ0) is 13.0. The van der Waals surface area contributed by atoms with E-state index in [4.69, 9.17) is 9.26 Å². The molecule has 1 fully saturated rings. The minimum atomic E-state index is -0.0403. The Kier molecular flexibility index (Phi) is 4.72. The minimum Gasteiger partial charge on any atom is -0.370 e. The molecule has 1 heterocycles. The summed E-state index contributed by atoms with van der Waals surface area (Å²) >= 11 is 0. The number of ether oxygens (including phenoxy) is 1. The molecule has 2 unspecified atom stereocenters. The van der Waals surface area contributed by atoms with E-state index < -0.39 is 0 Å². The molecule has 0 aromatic carbocycles. The first-order valence-corrected chi connectivity index (χ1v) is 6.89. The number of nitrogens with zero attached hydrogens (tertiary/aromatic N) is 2. The third-order valence-electron chi connectivity index (χ3n) is 3.47. The maximum absolute atomic E-state index is 5.58. The van der Waals surface area contributed by atoms with Crippen LogP contribution in [0.4, 0.5) is 0 Å². The van der Waals surface area contributed by atoms with E-state index in [0.717, 1.165) is 24.7 Å². The zero-order valence-corrected chi connectivity index (χ0v) is 11.5. The predicted octanol–water partition coefficient (Wildman–Crippen LogP) is 2.10. The Bertz CT molecular complexity index is 363. The number of hydrogen-bond acceptors (Lipinski definition) is 5. The van der Waals surface area contributed by atoms with Gasteiger partial charge in [-0.25, -0.2) is 0 Å². The maximum Gasteiger partial charge on any atom is 0.228 e. The topological polar surface area (TPSA) is 60.2 Å². The fourth-order valence-electron chi connectivity index (χ4n) is 2.25. The Hall–Kier alpha value is -0.940. The van der Waals surface area contributed by atoms with Crippen molar-refractivity contribution in [1.29, 1.82) is 0 Å². The van der Waals surface area contributed by atoms with Crippen molar-refractivity contribution in [3.8, 4) is 0 Å². The van der Waals surface area contributed by atoms with E-state index in [1.807, 2.05) is 14.0 Å². The first kappa shape index (κ1) is 13.5. The SMILES string of the molecule is CCOC(CC)c1noc(CC(NC)C2CC2)n1. The molecule has 0 saturated heterocycles. The van der Waals surface area contributed by atoms with Gasteiger partial charge in [-0.15, -0.1) is 0 Å². The van der Waals surface area contributed by atoms with Gasteiger partial charge < -0.3 is 14.6 Å². The normalized spacial score (nSPS) is 18.8. The maximum atomic E-state index is 5.58. The third-order valence-corrected chi connectivity index (χ3v) is 3.47. The molecule has 18 heavy (non-hydrogen) atoms. The van der Waals surface area contributed by atoms with Crippen molar-refractivity contribution in [2.75, 3.05) is 13.7 Å². The minimum absolute atomic E-state index is 0.0403. The van der Waals surface area contributed by atoms with Crippen LogP contribution in [0.1, 0.15) is 50.9 Å². The second-order valence-electron chi connectivity index (χ2n) is 4.84. The summed E-state index contributed by atoms with van der Waals surface area (Å²) in [7, 11) is 2.00. The first-order valence-electron chi connectivity index (χ1n) is 6.89. The van der Waals surface area contributed by atoms with Crippen molar-refractivity contribution in [3.63, 3.8) is 0 Å². The number of rotatable bonds is 8. The quantitative estimate of drug-likeness (QED) is 0.768. The Morgan fingerprint density at radius 2 is 2.22 bits per heavy atom. The van der Waals surface area contributed by atoms with Gasteiger partial charge in [0.05, 0.1) is 0 Å². The smallest absolute Gasteiger partial charge is 0.228 e. The van der Waals surface area contributed by atoms with Crippen molar-refractivity contribution in [1.82, 2.24) is 15.5 Å². The molecule has 2 rings (SSSR count). The van der Waals surface area contributed by atoms with Crippen LogP contribution in [0.15, 0.2) is 4.52 Å². The highest BCUT2D eigenvalue weighted by Crippen LogP contribution is 2.33.